The van der Waals surface area contributed by atoms with Crippen molar-refractivity contribution in [1.29, 1.82) is 0 Å². The van der Waals surface area contributed by atoms with Crippen LogP contribution >= 0.6 is 0 Å². The van der Waals surface area contributed by atoms with Gasteiger partial charge >= 0.3 is 6.18 Å². The van der Waals surface area contributed by atoms with Crippen molar-refractivity contribution in [2.45, 2.75) is 57.5 Å². The predicted molar refractivity (Wildman–Crippen MR) is 79.3 cm³/mol. The fraction of sp³-hybridized carbons (Fsp3) is 1.00. The number of halogens is 3. The molecule has 2 aliphatic rings. The number of rotatable bonds is 6. The van der Waals surface area contributed by atoms with Crippen LogP contribution in [0.5, 0.6) is 0 Å². The zero-order valence-electron chi connectivity index (χ0n) is 12.9. The topological polar surface area (TPSA) is 15.3 Å². The molecule has 0 aromatic rings. The smallest absolute Gasteiger partial charge is 0.316 e. The fourth-order valence-corrected chi connectivity index (χ4v) is 3.78. The summed E-state index contributed by atoms with van der Waals surface area (Å²) in [5.41, 5.74) is 0. The van der Waals surface area contributed by atoms with E-state index in [1.807, 2.05) is 0 Å². The van der Waals surface area contributed by atoms with Crippen LogP contribution < -0.4 is 5.32 Å². The van der Waals surface area contributed by atoms with Crippen molar-refractivity contribution in [3.05, 3.63) is 0 Å². The molecule has 2 unspecified atom stereocenters. The van der Waals surface area contributed by atoms with Crippen molar-refractivity contribution in [3.8, 4) is 0 Å². The molecular weight excluding hydrogens is 277 g/mol. The highest BCUT2D eigenvalue weighted by molar-refractivity contribution is 4.82. The van der Waals surface area contributed by atoms with Gasteiger partial charge < -0.3 is 10.2 Å². The Morgan fingerprint density at radius 3 is 2.38 bits per heavy atom. The first-order valence-electron chi connectivity index (χ1n) is 8.57. The minimum Gasteiger partial charge on any atom is -0.316 e. The molecule has 1 saturated carbocycles. The third kappa shape index (κ3) is 5.78. The largest absolute Gasteiger partial charge is 0.392 e. The second-order valence-electron chi connectivity index (χ2n) is 6.65. The Bertz CT molecular complexity index is 288. The Morgan fingerprint density at radius 1 is 0.952 bits per heavy atom. The van der Waals surface area contributed by atoms with Crippen LogP contribution in [0.1, 0.15) is 51.4 Å². The Labute approximate surface area is 126 Å². The second-order valence-corrected chi connectivity index (χ2v) is 6.65. The van der Waals surface area contributed by atoms with Crippen LogP contribution in [0.3, 0.4) is 0 Å². The quantitative estimate of drug-likeness (QED) is 0.751. The maximum absolute atomic E-state index is 13.0. The summed E-state index contributed by atoms with van der Waals surface area (Å²) in [5.74, 6) is -1.30. The molecule has 0 bridgehead atoms. The van der Waals surface area contributed by atoms with Crippen molar-refractivity contribution in [2.24, 2.45) is 11.8 Å². The maximum atomic E-state index is 13.0. The number of likely N-dealkylation sites (tertiary alicyclic amines) is 1. The van der Waals surface area contributed by atoms with E-state index >= 15 is 0 Å². The minimum absolute atomic E-state index is 0.214. The van der Waals surface area contributed by atoms with Gasteiger partial charge in [0.1, 0.15) is 0 Å². The normalized spacial score (nSPS) is 28.7. The van der Waals surface area contributed by atoms with E-state index in [9.17, 15) is 13.2 Å². The molecule has 1 saturated heterocycles. The van der Waals surface area contributed by atoms with Crippen LogP contribution in [0, 0.1) is 11.8 Å². The Kier molecular flexibility index (Phi) is 6.80. The highest BCUT2D eigenvalue weighted by Gasteiger charge is 2.44. The van der Waals surface area contributed by atoms with Crippen LogP contribution in [0.4, 0.5) is 13.2 Å². The molecule has 0 aromatic carbocycles. The molecule has 2 atom stereocenters. The van der Waals surface area contributed by atoms with E-state index < -0.39 is 12.1 Å². The van der Waals surface area contributed by atoms with Gasteiger partial charge in [0.15, 0.2) is 0 Å². The zero-order valence-corrected chi connectivity index (χ0v) is 12.9. The first-order valence-corrected chi connectivity index (χ1v) is 8.57. The third-order valence-corrected chi connectivity index (χ3v) is 5.01. The molecule has 1 N–H and O–H groups in total. The van der Waals surface area contributed by atoms with Crippen molar-refractivity contribution >= 4 is 0 Å². The summed E-state index contributed by atoms with van der Waals surface area (Å²) < 4.78 is 38.9. The van der Waals surface area contributed by atoms with Gasteiger partial charge in [-0.05, 0) is 70.7 Å². The predicted octanol–water partition coefficient (Wildman–Crippen LogP) is 3.82. The van der Waals surface area contributed by atoms with Crippen LogP contribution in [0.25, 0.3) is 0 Å². The molecule has 1 heterocycles. The molecule has 21 heavy (non-hydrogen) atoms. The Balaban J connectivity index is 1.60. The molecular formula is C16H29F3N2. The van der Waals surface area contributed by atoms with Gasteiger partial charge in [-0.1, -0.05) is 19.3 Å². The number of nitrogens with one attached hydrogen (secondary N) is 1. The van der Waals surface area contributed by atoms with E-state index in [1.54, 1.807) is 0 Å². The number of piperidine rings is 1. The second kappa shape index (κ2) is 8.37. The summed E-state index contributed by atoms with van der Waals surface area (Å²) in [6, 6.07) is 0. The number of hydrogen-bond donors (Lipinski definition) is 1. The van der Waals surface area contributed by atoms with Crippen molar-refractivity contribution in [1.82, 2.24) is 10.2 Å². The van der Waals surface area contributed by atoms with Crippen molar-refractivity contribution in [2.75, 3.05) is 32.7 Å². The molecule has 0 aromatic heterocycles. The lowest BCUT2D eigenvalue weighted by Gasteiger charge is -2.33. The van der Waals surface area contributed by atoms with E-state index in [-0.39, 0.29) is 5.92 Å². The van der Waals surface area contributed by atoms with E-state index in [0.717, 1.165) is 38.8 Å². The van der Waals surface area contributed by atoms with E-state index in [1.165, 1.54) is 32.4 Å². The number of hydrogen-bond acceptors (Lipinski definition) is 2. The number of nitrogens with zero attached hydrogens (tertiary/aromatic N) is 1. The molecule has 0 radical (unpaired) electrons. The van der Waals surface area contributed by atoms with Gasteiger partial charge in [0, 0.05) is 0 Å². The van der Waals surface area contributed by atoms with E-state index in [0.29, 0.717) is 13.0 Å². The zero-order chi connectivity index (χ0) is 15.1. The number of alkyl halides is 3. The molecule has 124 valence electrons. The molecule has 1 aliphatic carbocycles. The first kappa shape index (κ1) is 17.1. The lowest BCUT2D eigenvalue weighted by Crippen LogP contribution is -2.39. The highest BCUT2D eigenvalue weighted by atomic mass is 19.4. The molecule has 0 amide bonds. The SMILES string of the molecule is FC(F)(F)C1CCCCC1CNCCCN1CCCCC1. The Hall–Kier alpha value is -0.290. The van der Waals surface area contributed by atoms with Gasteiger partial charge in [-0.3, -0.25) is 0 Å². The summed E-state index contributed by atoms with van der Waals surface area (Å²) in [7, 11) is 0. The van der Waals surface area contributed by atoms with Gasteiger partial charge in [-0.2, -0.15) is 13.2 Å². The summed E-state index contributed by atoms with van der Waals surface area (Å²) in [6.07, 6.45) is 3.69. The molecule has 2 rings (SSSR count). The minimum atomic E-state index is -4.01. The lowest BCUT2D eigenvalue weighted by molar-refractivity contribution is -0.195. The molecule has 2 nitrogen and oxygen atoms in total. The van der Waals surface area contributed by atoms with Crippen LogP contribution in [0.2, 0.25) is 0 Å². The van der Waals surface area contributed by atoms with Crippen molar-refractivity contribution in [3.63, 3.8) is 0 Å². The average Bonchev–Trinajstić information content (AvgIpc) is 2.47. The molecule has 1 aliphatic heterocycles. The van der Waals surface area contributed by atoms with E-state index in [2.05, 4.69) is 10.2 Å². The van der Waals surface area contributed by atoms with Crippen LogP contribution in [0.15, 0.2) is 0 Å². The fourth-order valence-electron chi connectivity index (χ4n) is 3.78. The lowest BCUT2D eigenvalue weighted by atomic mass is 9.78. The molecule has 2 fully saturated rings. The van der Waals surface area contributed by atoms with Gasteiger partial charge in [0.05, 0.1) is 5.92 Å². The maximum Gasteiger partial charge on any atom is 0.392 e. The van der Waals surface area contributed by atoms with E-state index in [4.69, 9.17) is 0 Å². The average molecular weight is 306 g/mol. The standard InChI is InChI=1S/C16H29F3N2/c17-16(18,19)15-8-3-2-7-14(15)13-20-9-6-12-21-10-4-1-5-11-21/h14-15,20H,1-13H2. The van der Waals surface area contributed by atoms with Gasteiger partial charge in [-0.15, -0.1) is 0 Å². The van der Waals surface area contributed by atoms with Crippen LogP contribution in [-0.4, -0.2) is 43.8 Å². The highest BCUT2D eigenvalue weighted by Crippen LogP contribution is 2.41. The summed E-state index contributed by atoms with van der Waals surface area (Å²) >= 11 is 0. The molecule has 5 heteroatoms. The summed E-state index contributed by atoms with van der Waals surface area (Å²) in [5, 5.41) is 3.27. The van der Waals surface area contributed by atoms with Gasteiger partial charge in [-0.25, -0.2) is 0 Å². The van der Waals surface area contributed by atoms with Crippen LogP contribution in [-0.2, 0) is 0 Å². The van der Waals surface area contributed by atoms with Gasteiger partial charge in [0.25, 0.3) is 0 Å². The summed E-state index contributed by atoms with van der Waals surface area (Å²) in [6.45, 7) is 4.85. The summed E-state index contributed by atoms with van der Waals surface area (Å²) in [4.78, 5) is 2.48. The Morgan fingerprint density at radius 2 is 1.67 bits per heavy atom. The third-order valence-electron chi connectivity index (χ3n) is 5.01. The monoisotopic (exact) mass is 306 g/mol. The molecule has 0 spiro atoms. The van der Waals surface area contributed by atoms with Gasteiger partial charge in [0.2, 0.25) is 0 Å². The first-order chi connectivity index (χ1) is 10.1. The van der Waals surface area contributed by atoms with Crippen molar-refractivity contribution < 1.29 is 13.2 Å².